The quantitative estimate of drug-likeness (QED) is 0.742. The smallest absolute Gasteiger partial charge is 0.348 e. The topological polar surface area (TPSA) is 35.5 Å². The number of esters is 1. The van der Waals surface area contributed by atoms with E-state index in [1.165, 1.54) is 13.2 Å². The van der Waals surface area contributed by atoms with E-state index in [0.29, 0.717) is 5.75 Å². The summed E-state index contributed by atoms with van der Waals surface area (Å²) in [5, 5.41) is 0. The molecule has 0 aromatic heterocycles. The Kier molecular flexibility index (Phi) is 3.52. The van der Waals surface area contributed by atoms with Crippen molar-refractivity contribution in [3.63, 3.8) is 0 Å². The summed E-state index contributed by atoms with van der Waals surface area (Å²) in [6.45, 7) is 2.95. The number of alkyl halides is 1. The second-order valence-electron chi connectivity index (χ2n) is 3.65. The molecule has 0 radical (unpaired) electrons. The van der Waals surface area contributed by atoms with Gasteiger partial charge in [0, 0.05) is 5.56 Å². The van der Waals surface area contributed by atoms with Crippen LogP contribution in [-0.4, -0.2) is 20.2 Å². The summed E-state index contributed by atoms with van der Waals surface area (Å²) in [7, 11) is 2.60. The second-order valence-corrected chi connectivity index (χ2v) is 3.65. The zero-order chi connectivity index (χ0) is 12.3. The molecule has 1 rings (SSSR count). The molecule has 0 N–H and O–H groups in total. The maximum Gasteiger partial charge on any atom is 0.348 e. The Morgan fingerprint density at radius 2 is 2.00 bits per heavy atom. The van der Waals surface area contributed by atoms with E-state index in [9.17, 15) is 9.18 Å². The van der Waals surface area contributed by atoms with Crippen LogP contribution in [0.2, 0.25) is 0 Å². The molecule has 1 atom stereocenters. The van der Waals surface area contributed by atoms with E-state index in [4.69, 9.17) is 4.74 Å². The highest BCUT2D eigenvalue weighted by atomic mass is 19.1. The highest BCUT2D eigenvalue weighted by Gasteiger charge is 2.39. The average Bonchev–Trinajstić information content (AvgIpc) is 2.27. The highest BCUT2D eigenvalue weighted by molar-refractivity contribution is 5.81. The minimum atomic E-state index is -2.20. The van der Waals surface area contributed by atoms with Gasteiger partial charge in [0.15, 0.2) is 0 Å². The summed E-state index contributed by atoms with van der Waals surface area (Å²) < 4.78 is 23.8. The zero-order valence-electron chi connectivity index (χ0n) is 9.83. The molecule has 4 heteroatoms. The van der Waals surface area contributed by atoms with Crippen LogP contribution in [0.4, 0.5) is 4.39 Å². The van der Waals surface area contributed by atoms with Gasteiger partial charge < -0.3 is 9.47 Å². The van der Waals surface area contributed by atoms with Gasteiger partial charge >= 0.3 is 5.97 Å². The lowest BCUT2D eigenvalue weighted by Gasteiger charge is -2.21. The Labute approximate surface area is 94.2 Å². The number of para-hydroxylation sites is 1. The summed E-state index contributed by atoms with van der Waals surface area (Å²) in [5.41, 5.74) is -1.25. The molecule has 88 valence electrons. The third kappa shape index (κ3) is 2.01. The molecule has 0 saturated heterocycles. The molecule has 0 bridgehead atoms. The molecule has 1 aromatic carbocycles. The third-order valence-corrected chi connectivity index (χ3v) is 2.49. The molecular weight excluding hydrogens is 211 g/mol. The first kappa shape index (κ1) is 12.5. The molecule has 0 amide bonds. The van der Waals surface area contributed by atoms with E-state index in [-0.39, 0.29) is 5.56 Å². The van der Waals surface area contributed by atoms with E-state index in [1.807, 2.05) is 0 Å². The molecule has 0 aliphatic heterocycles. The van der Waals surface area contributed by atoms with Crippen molar-refractivity contribution in [2.24, 2.45) is 0 Å². The van der Waals surface area contributed by atoms with Gasteiger partial charge in [0.05, 0.1) is 14.2 Å². The number of hydrogen-bond donors (Lipinski definition) is 0. The first-order valence-corrected chi connectivity index (χ1v) is 4.86. The van der Waals surface area contributed by atoms with E-state index in [2.05, 4.69) is 4.74 Å². The number of halogens is 1. The van der Waals surface area contributed by atoms with Crippen LogP contribution >= 0.6 is 0 Å². The number of aryl methyl sites for hydroxylation is 1. The Hall–Kier alpha value is -1.58. The van der Waals surface area contributed by atoms with Gasteiger partial charge in [-0.15, -0.1) is 0 Å². The van der Waals surface area contributed by atoms with Crippen molar-refractivity contribution < 1.29 is 18.7 Å². The fourth-order valence-corrected chi connectivity index (χ4v) is 1.59. The molecule has 0 aliphatic rings. The van der Waals surface area contributed by atoms with Crippen molar-refractivity contribution in [3.05, 3.63) is 29.3 Å². The summed E-state index contributed by atoms with van der Waals surface area (Å²) in [6, 6.07) is 4.98. The maximum absolute atomic E-state index is 14.3. The van der Waals surface area contributed by atoms with Gasteiger partial charge in [-0.05, 0) is 19.4 Å². The molecule has 3 nitrogen and oxygen atoms in total. The van der Waals surface area contributed by atoms with Gasteiger partial charge in [-0.2, -0.15) is 0 Å². The van der Waals surface area contributed by atoms with Crippen molar-refractivity contribution in [3.8, 4) is 5.75 Å². The molecule has 0 spiro atoms. The minimum absolute atomic E-state index is 0.182. The monoisotopic (exact) mass is 226 g/mol. The highest BCUT2D eigenvalue weighted by Crippen LogP contribution is 2.36. The normalized spacial score (nSPS) is 14.1. The largest absolute Gasteiger partial charge is 0.496 e. The second kappa shape index (κ2) is 4.51. The molecular formula is C12H15FO3. The Morgan fingerprint density at radius 1 is 1.38 bits per heavy atom. The van der Waals surface area contributed by atoms with Crippen LogP contribution < -0.4 is 4.74 Å². The summed E-state index contributed by atoms with van der Waals surface area (Å²) >= 11 is 0. The predicted octanol–water partition coefficient (Wildman–Crippen LogP) is 2.36. The predicted molar refractivity (Wildman–Crippen MR) is 58.2 cm³/mol. The first-order valence-electron chi connectivity index (χ1n) is 4.86. The summed E-state index contributed by atoms with van der Waals surface area (Å²) in [4.78, 5) is 11.4. The third-order valence-electron chi connectivity index (χ3n) is 2.49. The molecule has 0 aliphatic carbocycles. The number of carbonyl (C=O) groups excluding carboxylic acids is 1. The first-order chi connectivity index (χ1) is 7.45. The van der Waals surface area contributed by atoms with E-state index in [1.54, 1.807) is 19.1 Å². The fraction of sp³-hybridized carbons (Fsp3) is 0.417. The number of hydrogen-bond acceptors (Lipinski definition) is 3. The van der Waals surface area contributed by atoms with Gasteiger partial charge in [-0.1, -0.05) is 18.2 Å². The number of carbonyl (C=O) groups is 1. The van der Waals surface area contributed by atoms with E-state index < -0.39 is 11.6 Å². The molecule has 0 saturated carbocycles. The van der Waals surface area contributed by atoms with Crippen LogP contribution in [0, 0.1) is 6.92 Å². The van der Waals surface area contributed by atoms with Gasteiger partial charge in [0.2, 0.25) is 5.67 Å². The van der Waals surface area contributed by atoms with Gasteiger partial charge in [-0.25, -0.2) is 9.18 Å². The Balaban J connectivity index is 3.32. The molecule has 1 unspecified atom stereocenters. The van der Waals surface area contributed by atoms with Gasteiger partial charge in [0.1, 0.15) is 5.75 Å². The van der Waals surface area contributed by atoms with Crippen LogP contribution in [0.1, 0.15) is 18.1 Å². The van der Waals surface area contributed by atoms with Crippen LogP contribution in [0.3, 0.4) is 0 Å². The van der Waals surface area contributed by atoms with Gasteiger partial charge in [-0.3, -0.25) is 0 Å². The number of benzene rings is 1. The molecule has 16 heavy (non-hydrogen) atoms. The number of rotatable bonds is 3. The minimum Gasteiger partial charge on any atom is -0.496 e. The van der Waals surface area contributed by atoms with Crippen molar-refractivity contribution in [1.82, 2.24) is 0 Å². The standard InChI is InChI=1S/C12H15FO3/c1-8-6-5-7-9(10(8)15-3)12(2,13)11(14)16-4/h5-7H,1-4H3. The zero-order valence-corrected chi connectivity index (χ0v) is 9.83. The molecule has 0 fully saturated rings. The maximum atomic E-state index is 14.3. The SMILES string of the molecule is COC(=O)C(C)(F)c1cccc(C)c1OC. The van der Waals surface area contributed by atoms with E-state index >= 15 is 0 Å². The van der Waals surface area contributed by atoms with Gasteiger partial charge in [0.25, 0.3) is 0 Å². The van der Waals surface area contributed by atoms with Crippen LogP contribution in [-0.2, 0) is 15.2 Å². The van der Waals surface area contributed by atoms with Crippen LogP contribution in [0.25, 0.3) is 0 Å². The van der Waals surface area contributed by atoms with Crippen molar-refractivity contribution in [1.29, 1.82) is 0 Å². The number of methoxy groups -OCH3 is 2. The van der Waals surface area contributed by atoms with Crippen molar-refractivity contribution >= 4 is 5.97 Å². The summed E-state index contributed by atoms with van der Waals surface area (Å²) in [6.07, 6.45) is 0. The lowest BCUT2D eigenvalue weighted by molar-refractivity contribution is -0.154. The van der Waals surface area contributed by atoms with E-state index in [0.717, 1.165) is 19.6 Å². The number of ether oxygens (including phenoxy) is 2. The Morgan fingerprint density at radius 3 is 2.50 bits per heavy atom. The average molecular weight is 226 g/mol. The Bertz CT molecular complexity index is 399. The fourth-order valence-electron chi connectivity index (χ4n) is 1.59. The van der Waals surface area contributed by atoms with Crippen LogP contribution in [0.5, 0.6) is 5.75 Å². The molecule has 0 heterocycles. The molecule has 1 aromatic rings. The van der Waals surface area contributed by atoms with Crippen LogP contribution in [0.15, 0.2) is 18.2 Å². The lowest BCUT2D eigenvalue weighted by Crippen LogP contribution is -2.29. The summed E-state index contributed by atoms with van der Waals surface area (Å²) in [5.74, 6) is -0.561. The van der Waals surface area contributed by atoms with Crippen molar-refractivity contribution in [2.75, 3.05) is 14.2 Å². The lowest BCUT2D eigenvalue weighted by atomic mass is 9.95. The van der Waals surface area contributed by atoms with Crippen molar-refractivity contribution in [2.45, 2.75) is 19.5 Å².